The molecular formula is C25H24Br2N2O6S. The summed E-state index contributed by atoms with van der Waals surface area (Å²) >= 11 is 7.78. The number of ether oxygens (including phenoxy) is 3. The number of benzene rings is 2. The van der Waals surface area contributed by atoms with Crippen molar-refractivity contribution in [3.63, 3.8) is 0 Å². The van der Waals surface area contributed by atoms with E-state index in [0.29, 0.717) is 61.1 Å². The Kier molecular flexibility index (Phi) is 9.10. The van der Waals surface area contributed by atoms with Gasteiger partial charge in [0.15, 0.2) is 11.5 Å². The molecule has 2 saturated heterocycles. The van der Waals surface area contributed by atoms with E-state index in [9.17, 15) is 14.4 Å². The van der Waals surface area contributed by atoms with Crippen molar-refractivity contribution in [3.8, 4) is 11.5 Å². The number of rotatable bonds is 8. The third-order valence-corrected chi connectivity index (χ3v) is 7.61. The number of amides is 3. The second-order valence-electron chi connectivity index (χ2n) is 7.93. The molecule has 2 aromatic rings. The predicted molar refractivity (Wildman–Crippen MR) is 144 cm³/mol. The molecule has 2 heterocycles. The van der Waals surface area contributed by atoms with Gasteiger partial charge < -0.3 is 19.1 Å². The maximum absolute atomic E-state index is 13.0. The standard InChI is InChI=1S/C25H24Br2N2O6S/c1-2-34-20-11-17(19(27)13-21(20)35-15-16-3-5-18(26)6-4-16)12-22-24(31)29(25(32)36-22)14-23(30)28-7-9-33-10-8-28/h3-6,11-13H,2,7-10,14-15H2,1H3/b22-12+. The van der Waals surface area contributed by atoms with Gasteiger partial charge in [-0.3, -0.25) is 19.3 Å². The number of nitrogens with zero attached hydrogens (tertiary/aromatic N) is 2. The van der Waals surface area contributed by atoms with Crippen LogP contribution in [-0.2, 0) is 20.9 Å². The maximum Gasteiger partial charge on any atom is 0.294 e. The monoisotopic (exact) mass is 638 g/mol. The normalized spacial score (nSPS) is 17.1. The molecular weight excluding hydrogens is 616 g/mol. The molecule has 2 aliphatic heterocycles. The van der Waals surface area contributed by atoms with E-state index in [2.05, 4.69) is 31.9 Å². The van der Waals surface area contributed by atoms with Gasteiger partial charge in [0.1, 0.15) is 13.2 Å². The lowest BCUT2D eigenvalue weighted by atomic mass is 10.1. The molecule has 0 saturated carbocycles. The summed E-state index contributed by atoms with van der Waals surface area (Å²) in [5, 5.41) is -0.469. The summed E-state index contributed by atoms with van der Waals surface area (Å²) in [6.45, 7) is 4.18. The van der Waals surface area contributed by atoms with Gasteiger partial charge in [-0.05, 0) is 60.2 Å². The van der Waals surface area contributed by atoms with Crippen LogP contribution in [-0.4, -0.2) is 66.3 Å². The number of hydrogen-bond donors (Lipinski definition) is 0. The first-order chi connectivity index (χ1) is 17.4. The van der Waals surface area contributed by atoms with E-state index in [1.165, 1.54) is 0 Å². The molecule has 0 atom stereocenters. The number of imide groups is 1. The van der Waals surface area contributed by atoms with Crippen molar-refractivity contribution >= 4 is 66.8 Å². The van der Waals surface area contributed by atoms with Gasteiger partial charge in [-0.25, -0.2) is 0 Å². The van der Waals surface area contributed by atoms with Crippen LogP contribution in [0.15, 0.2) is 50.2 Å². The van der Waals surface area contributed by atoms with Crippen molar-refractivity contribution in [2.75, 3.05) is 39.5 Å². The lowest BCUT2D eigenvalue weighted by molar-refractivity contribution is -0.139. The van der Waals surface area contributed by atoms with Crippen molar-refractivity contribution in [1.29, 1.82) is 0 Å². The van der Waals surface area contributed by atoms with E-state index < -0.39 is 11.1 Å². The Balaban J connectivity index is 1.50. The number of thioether (sulfide) groups is 1. The van der Waals surface area contributed by atoms with Gasteiger partial charge in [0.05, 0.1) is 24.7 Å². The summed E-state index contributed by atoms with van der Waals surface area (Å²) in [5.41, 5.74) is 1.65. The average molecular weight is 640 g/mol. The number of morpholine rings is 1. The van der Waals surface area contributed by atoms with Crippen molar-refractivity contribution in [2.24, 2.45) is 0 Å². The SMILES string of the molecule is CCOc1cc(/C=C2/SC(=O)N(CC(=O)N3CCOCC3)C2=O)c(Br)cc1OCc1ccc(Br)cc1. The van der Waals surface area contributed by atoms with Crippen molar-refractivity contribution < 1.29 is 28.6 Å². The fraction of sp³-hybridized carbons (Fsp3) is 0.320. The van der Waals surface area contributed by atoms with Gasteiger partial charge in [-0.2, -0.15) is 0 Å². The highest BCUT2D eigenvalue weighted by Gasteiger charge is 2.37. The Morgan fingerprint density at radius 3 is 2.47 bits per heavy atom. The third kappa shape index (κ3) is 6.50. The first-order valence-electron chi connectivity index (χ1n) is 11.3. The van der Waals surface area contributed by atoms with Crippen LogP contribution < -0.4 is 9.47 Å². The molecule has 4 rings (SSSR count). The molecule has 190 valence electrons. The molecule has 2 aliphatic rings. The highest BCUT2D eigenvalue weighted by Crippen LogP contribution is 2.38. The Morgan fingerprint density at radius 2 is 1.78 bits per heavy atom. The summed E-state index contributed by atoms with van der Waals surface area (Å²) in [4.78, 5) is 40.9. The maximum atomic E-state index is 13.0. The van der Waals surface area contributed by atoms with Gasteiger partial charge in [-0.1, -0.05) is 44.0 Å². The van der Waals surface area contributed by atoms with Crippen LogP contribution in [0.5, 0.6) is 11.5 Å². The number of carbonyl (C=O) groups is 3. The van der Waals surface area contributed by atoms with Crippen molar-refractivity contribution in [2.45, 2.75) is 13.5 Å². The van der Waals surface area contributed by atoms with Gasteiger partial charge in [0.25, 0.3) is 11.1 Å². The molecule has 0 bridgehead atoms. The third-order valence-electron chi connectivity index (χ3n) is 5.49. The lowest BCUT2D eigenvalue weighted by Gasteiger charge is -2.28. The van der Waals surface area contributed by atoms with Gasteiger partial charge >= 0.3 is 0 Å². The Bertz CT molecular complexity index is 1180. The van der Waals surface area contributed by atoms with E-state index in [4.69, 9.17) is 14.2 Å². The first-order valence-corrected chi connectivity index (χ1v) is 13.7. The van der Waals surface area contributed by atoms with E-state index in [-0.39, 0.29) is 17.4 Å². The molecule has 2 fully saturated rings. The van der Waals surface area contributed by atoms with Crippen LogP contribution in [0.2, 0.25) is 0 Å². The molecule has 0 radical (unpaired) electrons. The molecule has 2 aromatic carbocycles. The minimum absolute atomic E-state index is 0.237. The van der Waals surface area contributed by atoms with Gasteiger partial charge in [0, 0.05) is 22.0 Å². The number of carbonyl (C=O) groups excluding carboxylic acids is 3. The average Bonchev–Trinajstić information content (AvgIpc) is 3.13. The highest BCUT2D eigenvalue weighted by atomic mass is 79.9. The first kappa shape index (κ1) is 26.7. The van der Waals surface area contributed by atoms with Crippen LogP contribution in [0, 0.1) is 0 Å². The zero-order valence-corrected chi connectivity index (χ0v) is 23.5. The smallest absolute Gasteiger partial charge is 0.294 e. The molecule has 0 unspecified atom stereocenters. The fourth-order valence-electron chi connectivity index (χ4n) is 3.61. The largest absolute Gasteiger partial charge is 0.490 e. The van der Waals surface area contributed by atoms with E-state index in [1.807, 2.05) is 31.2 Å². The highest BCUT2D eigenvalue weighted by molar-refractivity contribution is 9.10. The molecule has 3 amide bonds. The van der Waals surface area contributed by atoms with Gasteiger partial charge in [-0.15, -0.1) is 0 Å². The summed E-state index contributed by atoms with van der Waals surface area (Å²) in [6.07, 6.45) is 1.62. The quantitative estimate of drug-likeness (QED) is 0.372. The van der Waals surface area contributed by atoms with Crippen LogP contribution in [0.4, 0.5) is 4.79 Å². The summed E-state index contributed by atoms with van der Waals surface area (Å²) < 4.78 is 18.7. The van der Waals surface area contributed by atoms with E-state index in [0.717, 1.165) is 26.7 Å². The molecule has 11 heteroatoms. The topological polar surface area (TPSA) is 85.4 Å². The molecule has 0 N–H and O–H groups in total. The number of hydrogen-bond acceptors (Lipinski definition) is 7. The van der Waals surface area contributed by atoms with Crippen LogP contribution in [0.1, 0.15) is 18.1 Å². The van der Waals surface area contributed by atoms with E-state index >= 15 is 0 Å². The van der Waals surface area contributed by atoms with Gasteiger partial charge in [0.2, 0.25) is 5.91 Å². The van der Waals surface area contributed by atoms with Crippen molar-refractivity contribution in [3.05, 3.63) is 61.4 Å². The summed E-state index contributed by atoms with van der Waals surface area (Å²) in [5.74, 6) is 0.305. The fourth-order valence-corrected chi connectivity index (χ4v) is 5.14. The van der Waals surface area contributed by atoms with Crippen LogP contribution in [0.3, 0.4) is 0 Å². The second-order valence-corrected chi connectivity index (χ2v) is 10.7. The predicted octanol–water partition coefficient (Wildman–Crippen LogP) is 5.08. The Labute approximate surface area is 230 Å². The minimum atomic E-state index is -0.493. The molecule has 8 nitrogen and oxygen atoms in total. The zero-order chi connectivity index (χ0) is 25.7. The zero-order valence-electron chi connectivity index (χ0n) is 19.5. The minimum Gasteiger partial charge on any atom is -0.490 e. The second kappa shape index (κ2) is 12.3. The summed E-state index contributed by atoms with van der Waals surface area (Å²) in [7, 11) is 0. The Hall–Kier alpha value is -2.34. The summed E-state index contributed by atoms with van der Waals surface area (Å²) in [6, 6.07) is 11.4. The molecule has 0 aliphatic carbocycles. The molecule has 0 aromatic heterocycles. The van der Waals surface area contributed by atoms with Crippen LogP contribution in [0.25, 0.3) is 6.08 Å². The van der Waals surface area contributed by atoms with E-state index in [1.54, 1.807) is 23.1 Å². The lowest BCUT2D eigenvalue weighted by Crippen LogP contribution is -2.46. The van der Waals surface area contributed by atoms with Crippen molar-refractivity contribution in [1.82, 2.24) is 9.80 Å². The van der Waals surface area contributed by atoms with Crippen LogP contribution >= 0.6 is 43.6 Å². The number of halogens is 2. The molecule has 0 spiro atoms. The molecule has 36 heavy (non-hydrogen) atoms. The Morgan fingerprint density at radius 1 is 1.08 bits per heavy atom.